The molecule has 2 atom stereocenters. The molecule has 5 rings (SSSR count). The molecule has 2 aliphatic heterocycles. The molecule has 1 saturated heterocycles. The van der Waals surface area contributed by atoms with Crippen LogP contribution >= 0.6 is 0 Å². The number of carbonyl (C=O) groups excluding carboxylic acids is 1. The summed E-state index contributed by atoms with van der Waals surface area (Å²) in [5, 5.41) is 0. The van der Waals surface area contributed by atoms with Gasteiger partial charge in [0, 0.05) is 30.4 Å². The van der Waals surface area contributed by atoms with Gasteiger partial charge in [-0.15, -0.1) is 0 Å². The van der Waals surface area contributed by atoms with E-state index in [2.05, 4.69) is 71.8 Å². The van der Waals surface area contributed by atoms with Crippen molar-refractivity contribution in [2.45, 2.75) is 38.8 Å². The van der Waals surface area contributed by atoms with Crippen molar-refractivity contribution in [1.82, 2.24) is 4.90 Å². The van der Waals surface area contributed by atoms with Crippen molar-refractivity contribution in [3.63, 3.8) is 0 Å². The van der Waals surface area contributed by atoms with Crippen molar-refractivity contribution < 1.29 is 9.53 Å². The number of ether oxygens (including phenoxy) is 1. The topological polar surface area (TPSA) is 32.8 Å². The first-order valence-corrected chi connectivity index (χ1v) is 11.3. The van der Waals surface area contributed by atoms with E-state index in [4.69, 9.17) is 4.74 Å². The van der Waals surface area contributed by atoms with Gasteiger partial charge in [-0.1, -0.05) is 43.0 Å². The summed E-state index contributed by atoms with van der Waals surface area (Å²) in [5.74, 6) is 0.0530. The maximum atomic E-state index is 13.2. The van der Waals surface area contributed by atoms with Crippen LogP contribution in [0, 0.1) is 0 Å². The first-order chi connectivity index (χ1) is 15.0. The lowest BCUT2D eigenvalue weighted by molar-refractivity contribution is -0.131. The monoisotopic (exact) mass is 414 g/mol. The lowest BCUT2D eigenvalue weighted by atomic mass is 9.84. The van der Waals surface area contributed by atoms with Crippen LogP contribution in [-0.2, 0) is 16.0 Å². The number of hydrogen-bond acceptors (Lipinski definition) is 3. The summed E-state index contributed by atoms with van der Waals surface area (Å²) in [6.07, 6.45) is 1.81. The molecule has 0 bridgehead atoms. The van der Waals surface area contributed by atoms with Crippen molar-refractivity contribution in [3.05, 3.63) is 82.9 Å². The van der Waals surface area contributed by atoms with Crippen molar-refractivity contribution in [2.75, 3.05) is 31.2 Å². The molecule has 0 radical (unpaired) electrons. The third-order valence-electron chi connectivity index (χ3n) is 6.88. The smallest absolute Gasteiger partial charge is 0.249 e. The van der Waals surface area contributed by atoms with Crippen LogP contribution in [0.15, 0.2) is 66.3 Å². The van der Waals surface area contributed by atoms with Crippen LogP contribution in [0.5, 0.6) is 0 Å². The first kappa shape index (κ1) is 20.1. The number of carbonyl (C=O) groups is 1. The van der Waals surface area contributed by atoms with Crippen LogP contribution in [0.25, 0.3) is 5.57 Å². The molecule has 0 N–H and O–H groups in total. The van der Waals surface area contributed by atoms with E-state index in [1.165, 1.54) is 33.5 Å². The Kier molecular flexibility index (Phi) is 5.19. The van der Waals surface area contributed by atoms with E-state index >= 15 is 0 Å². The number of nitrogens with zero attached hydrogens (tertiary/aromatic N) is 2. The van der Waals surface area contributed by atoms with Gasteiger partial charge in [0.15, 0.2) is 0 Å². The SMILES string of the molecule is C=C(C)C(=O)N1[C@@H](c2ccc(N3CCOCC3)cc2)C2=C(C[C@@H]1C)c1ccccc1C2. The van der Waals surface area contributed by atoms with E-state index in [-0.39, 0.29) is 18.0 Å². The average molecular weight is 415 g/mol. The van der Waals surface area contributed by atoms with Crippen LogP contribution in [0.1, 0.15) is 43.0 Å². The molecular weight excluding hydrogens is 384 g/mol. The lowest BCUT2D eigenvalue weighted by Gasteiger charge is -2.42. The van der Waals surface area contributed by atoms with Gasteiger partial charge in [0.25, 0.3) is 0 Å². The third-order valence-corrected chi connectivity index (χ3v) is 6.88. The Bertz CT molecular complexity index is 1050. The summed E-state index contributed by atoms with van der Waals surface area (Å²) < 4.78 is 5.49. The van der Waals surface area contributed by atoms with Gasteiger partial charge >= 0.3 is 0 Å². The number of amides is 1. The van der Waals surface area contributed by atoms with Gasteiger partial charge in [-0.2, -0.15) is 0 Å². The highest BCUT2D eigenvalue weighted by Crippen LogP contribution is 2.49. The molecule has 1 aliphatic carbocycles. The minimum Gasteiger partial charge on any atom is -0.378 e. The summed E-state index contributed by atoms with van der Waals surface area (Å²) in [7, 11) is 0. The van der Waals surface area contributed by atoms with E-state index in [1.54, 1.807) is 0 Å². The molecule has 1 fully saturated rings. The molecule has 160 valence electrons. The maximum Gasteiger partial charge on any atom is 0.249 e. The highest BCUT2D eigenvalue weighted by atomic mass is 16.5. The fourth-order valence-electron chi connectivity index (χ4n) is 5.36. The standard InChI is InChI=1S/C27H30N2O2/c1-18(2)27(30)29-19(3)16-24-23-7-5-4-6-21(23)17-25(24)26(29)20-8-10-22(11-9-20)28-12-14-31-15-13-28/h4-11,19,26H,1,12-17H2,2-3H3/t19-,26-/m0/s1. The molecule has 2 heterocycles. The molecule has 0 unspecified atom stereocenters. The summed E-state index contributed by atoms with van der Waals surface area (Å²) in [4.78, 5) is 17.7. The van der Waals surface area contributed by atoms with Crippen LogP contribution < -0.4 is 4.90 Å². The molecule has 0 aromatic heterocycles. The zero-order chi connectivity index (χ0) is 21.5. The largest absolute Gasteiger partial charge is 0.378 e. The normalized spacial score (nSPS) is 22.9. The van der Waals surface area contributed by atoms with Gasteiger partial charge in [-0.05, 0) is 66.7 Å². The summed E-state index contributed by atoms with van der Waals surface area (Å²) in [5.41, 5.74) is 8.53. The summed E-state index contributed by atoms with van der Waals surface area (Å²) in [6, 6.07) is 17.6. The van der Waals surface area contributed by atoms with E-state index in [1.807, 2.05) is 6.92 Å². The van der Waals surface area contributed by atoms with Crippen molar-refractivity contribution in [3.8, 4) is 0 Å². The van der Waals surface area contributed by atoms with E-state index in [9.17, 15) is 4.79 Å². The van der Waals surface area contributed by atoms with Gasteiger partial charge in [0.05, 0.1) is 19.3 Å². The number of hydrogen-bond donors (Lipinski definition) is 0. The number of morpholine rings is 1. The van der Waals surface area contributed by atoms with Crippen LogP contribution in [0.4, 0.5) is 5.69 Å². The van der Waals surface area contributed by atoms with Crippen molar-refractivity contribution >= 4 is 17.2 Å². The Morgan fingerprint density at radius 1 is 1.06 bits per heavy atom. The minimum atomic E-state index is -0.0471. The van der Waals surface area contributed by atoms with Crippen molar-refractivity contribution in [2.24, 2.45) is 0 Å². The summed E-state index contributed by atoms with van der Waals surface area (Å²) in [6.45, 7) is 11.3. The Morgan fingerprint density at radius 3 is 2.48 bits per heavy atom. The van der Waals surface area contributed by atoms with E-state index < -0.39 is 0 Å². The number of anilines is 1. The molecule has 0 saturated carbocycles. The zero-order valence-corrected chi connectivity index (χ0v) is 18.4. The van der Waals surface area contributed by atoms with Gasteiger partial charge in [0.1, 0.15) is 0 Å². The number of benzene rings is 2. The van der Waals surface area contributed by atoms with Gasteiger partial charge in [0.2, 0.25) is 5.91 Å². The molecule has 0 spiro atoms. The van der Waals surface area contributed by atoms with Crippen LogP contribution in [-0.4, -0.2) is 43.2 Å². The average Bonchev–Trinajstić information content (AvgIpc) is 3.16. The van der Waals surface area contributed by atoms with E-state index in [0.29, 0.717) is 5.57 Å². The maximum absolute atomic E-state index is 13.2. The molecule has 2 aromatic carbocycles. The second-order valence-corrected chi connectivity index (χ2v) is 8.98. The fraction of sp³-hybridized carbons (Fsp3) is 0.370. The van der Waals surface area contributed by atoms with E-state index in [0.717, 1.165) is 39.1 Å². The second kappa shape index (κ2) is 8.01. The molecule has 31 heavy (non-hydrogen) atoms. The predicted molar refractivity (Wildman–Crippen MR) is 125 cm³/mol. The van der Waals surface area contributed by atoms with Crippen LogP contribution in [0.2, 0.25) is 0 Å². The Balaban J connectivity index is 1.56. The fourth-order valence-corrected chi connectivity index (χ4v) is 5.36. The Morgan fingerprint density at radius 2 is 1.77 bits per heavy atom. The second-order valence-electron chi connectivity index (χ2n) is 8.98. The molecule has 1 amide bonds. The highest BCUT2D eigenvalue weighted by Gasteiger charge is 2.41. The van der Waals surface area contributed by atoms with Crippen molar-refractivity contribution in [1.29, 1.82) is 0 Å². The van der Waals surface area contributed by atoms with Gasteiger partial charge < -0.3 is 14.5 Å². The Labute approximate surface area is 184 Å². The lowest BCUT2D eigenvalue weighted by Crippen LogP contribution is -2.45. The zero-order valence-electron chi connectivity index (χ0n) is 18.4. The quantitative estimate of drug-likeness (QED) is 0.678. The molecule has 4 nitrogen and oxygen atoms in total. The molecular formula is C27H30N2O2. The number of fused-ring (bicyclic) bond motifs is 2. The van der Waals surface area contributed by atoms with Crippen LogP contribution in [0.3, 0.4) is 0 Å². The first-order valence-electron chi connectivity index (χ1n) is 11.3. The third kappa shape index (κ3) is 3.49. The summed E-state index contributed by atoms with van der Waals surface area (Å²) >= 11 is 0. The van der Waals surface area contributed by atoms with Gasteiger partial charge in [-0.25, -0.2) is 0 Å². The highest BCUT2D eigenvalue weighted by molar-refractivity contribution is 5.94. The number of rotatable bonds is 3. The predicted octanol–water partition coefficient (Wildman–Crippen LogP) is 4.77. The molecule has 4 heteroatoms. The Hall–Kier alpha value is -2.85. The molecule has 2 aromatic rings. The molecule has 3 aliphatic rings. The minimum absolute atomic E-state index is 0.0471. The van der Waals surface area contributed by atoms with Gasteiger partial charge in [-0.3, -0.25) is 4.79 Å².